The first-order chi connectivity index (χ1) is 9.86. The van der Waals surface area contributed by atoms with E-state index < -0.39 is 18.1 Å². The molecule has 112 valence electrons. The van der Waals surface area contributed by atoms with Gasteiger partial charge < -0.3 is 5.32 Å². The highest BCUT2D eigenvalue weighted by Gasteiger charge is 2.41. The van der Waals surface area contributed by atoms with Gasteiger partial charge in [-0.15, -0.1) is 0 Å². The maximum Gasteiger partial charge on any atom is 0.412 e. The van der Waals surface area contributed by atoms with Gasteiger partial charge in [0.2, 0.25) is 5.91 Å². The van der Waals surface area contributed by atoms with Crippen LogP contribution in [0.5, 0.6) is 0 Å². The second-order valence-electron chi connectivity index (χ2n) is 4.71. The molecule has 0 aliphatic rings. The van der Waals surface area contributed by atoms with Crippen LogP contribution in [0.3, 0.4) is 0 Å². The van der Waals surface area contributed by atoms with Crippen molar-refractivity contribution in [1.82, 2.24) is 15.5 Å². The highest BCUT2D eigenvalue weighted by atomic mass is 19.4. The van der Waals surface area contributed by atoms with E-state index in [1.165, 1.54) is 30.5 Å². The summed E-state index contributed by atoms with van der Waals surface area (Å²) in [5, 5.41) is 8.21. The molecule has 1 aromatic carbocycles. The van der Waals surface area contributed by atoms with Crippen LogP contribution in [0.25, 0.3) is 0 Å². The predicted octanol–water partition coefficient (Wildman–Crippen LogP) is 2.68. The third kappa shape index (κ3) is 4.08. The van der Waals surface area contributed by atoms with Crippen LogP contribution >= 0.6 is 0 Å². The molecule has 7 heteroatoms. The minimum atomic E-state index is -4.56. The molecular formula is C14H14F3N3O. The van der Waals surface area contributed by atoms with Gasteiger partial charge in [0.15, 0.2) is 6.04 Å². The molecule has 2 rings (SSSR count). The number of aryl methyl sites for hydroxylation is 1. The monoisotopic (exact) mass is 297 g/mol. The molecule has 1 unspecified atom stereocenters. The fourth-order valence-electron chi connectivity index (χ4n) is 1.97. The molecule has 0 saturated carbocycles. The van der Waals surface area contributed by atoms with Crippen molar-refractivity contribution in [2.24, 2.45) is 0 Å². The zero-order chi connectivity index (χ0) is 15.5. The molecule has 0 spiro atoms. The molecule has 1 amide bonds. The number of aromatic amines is 1. The Balaban J connectivity index is 2.16. The van der Waals surface area contributed by atoms with Crippen molar-refractivity contribution >= 4 is 5.91 Å². The summed E-state index contributed by atoms with van der Waals surface area (Å²) >= 11 is 0. The smallest absolute Gasteiger partial charge is 0.340 e. The fraction of sp³-hybridized carbons (Fsp3) is 0.286. The third-order valence-electron chi connectivity index (χ3n) is 2.92. The van der Waals surface area contributed by atoms with Crippen LogP contribution in [0.15, 0.2) is 36.5 Å². The Labute approximate surface area is 119 Å². The summed E-state index contributed by atoms with van der Waals surface area (Å²) in [5.41, 5.74) is 1.17. The number of nitrogens with one attached hydrogen (secondary N) is 2. The number of amides is 1. The molecule has 2 aromatic rings. The summed E-state index contributed by atoms with van der Waals surface area (Å²) in [7, 11) is 0. The molecule has 0 aliphatic heterocycles. The van der Waals surface area contributed by atoms with Gasteiger partial charge in [0.25, 0.3) is 0 Å². The zero-order valence-electron chi connectivity index (χ0n) is 11.2. The van der Waals surface area contributed by atoms with Crippen molar-refractivity contribution in [2.75, 3.05) is 0 Å². The largest absolute Gasteiger partial charge is 0.412 e. The van der Waals surface area contributed by atoms with Crippen LogP contribution in [0.4, 0.5) is 13.2 Å². The number of carbonyl (C=O) groups excluding carboxylic acids is 1. The molecule has 21 heavy (non-hydrogen) atoms. The van der Waals surface area contributed by atoms with Gasteiger partial charge in [-0.05, 0) is 18.6 Å². The number of benzene rings is 1. The summed E-state index contributed by atoms with van der Waals surface area (Å²) < 4.78 is 39.4. The van der Waals surface area contributed by atoms with Gasteiger partial charge in [-0.3, -0.25) is 9.89 Å². The standard InChI is InChI=1S/C14H14F3N3O/c1-9-3-2-4-10(7-9)13(14(15,16)17)19-12(21)8-11-5-6-18-20-11/h2-7,13H,8H2,1H3,(H,18,20)(H,19,21). The van der Waals surface area contributed by atoms with Crippen molar-refractivity contribution in [3.8, 4) is 0 Å². The van der Waals surface area contributed by atoms with E-state index in [1.807, 2.05) is 5.32 Å². The number of aromatic nitrogens is 2. The van der Waals surface area contributed by atoms with Crippen molar-refractivity contribution in [2.45, 2.75) is 25.6 Å². The van der Waals surface area contributed by atoms with Crippen LogP contribution in [0.1, 0.15) is 22.9 Å². The summed E-state index contributed by atoms with van der Waals surface area (Å²) in [5.74, 6) is -0.719. The quantitative estimate of drug-likeness (QED) is 0.911. The number of hydrogen-bond acceptors (Lipinski definition) is 2. The first-order valence-electron chi connectivity index (χ1n) is 6.27. The maximum atomic E-state index is 13.1. The Hall–Kier alpha value is -2.31. The topological polar surface area (TPSA) is 57.8 Å². The van der Waals surface area contributed by atoms with E-state index in [4.69, 9.17) is 0 Å². The van der Waals surface area contributed by atoms with E-state index in [0.29, 0.717) is 11.3 Å². The summed E-state index contributed by atoms with van der Waals surface area (Å²) in [6.45, 7) is 1.70. The molecule has 0 saturated heterocycles. The summed E-state index contributed by atoms with van der Waals surface area (Å²) in [6.07, 6.45) is -3.31. The molecule has 2 N–H and O–H groups in total. The number of nitrogens with zero attached hydrogens (tertiary/aromatic N) is 1. The van der Waals surface area contributed by atoms with E-state index in [9.17, 15) is 18.0 Å². The second-order valence-corrected chi connectivity index (χ2v) is 4.71. The van der Waals surface area contributed by atoms with Gasteiger partial charge in [0.1, 0.15) is 0 Å². The molecule has 4 nitrogen and oxygen atoms in total. The summed E-state index contributed by atoms with van der Waals surface area (Å²) in [6, 6.07) is 5.51. The fourth-order valence-corrected chi connectivity index (χ4v) is 1.97. The summed E-state index contributed by atoms with van der Waals surface area (Å²) in [4.78, 5) is 11.8. The highest BCUT2D eigenvalue weighted by Crippen LogP contribution is 2.33. The molecule has 0 aliphatic carbocycles. The van der Waals surface area contributed by atoms with Crippen LogP contribution in [0.2, 0.25) is 0 Å². The van der Waals surface area contributed by atoms with Crippen molar-refractivity contribution in [3.63, 3.8) is 0 Å². The first kappa shape index (κ1) is 15.1. The van der Waals surface area contributed by atoms with Gasteiger partial charge >= 0.3 is 6.18 Å². The van der Waals surface area contributed by atoms with Crippen LogP contribution in [-0.4, -0.2) is 22.3 Å². The van der Waals surface area contributed by atoms with Gasteiger partial charge in [0, 0.05) is 11.9 Å². The van der Waals surface area contributed by atoms with Crippen LogP contribution in [0, 0.1) is 6.92 Å². The minimum Gasteiger partial charge on any atom is -0.340 e. The van der Waals surface area contributed by atoms with E-state index in [2.05, 4.69) is 10.2 Å². The maximum absolute atomic E-state index is 13.1. The highest BCUT2D eigenvalue weighted by molar-refractivity contribution is 5.78. The molecule has 1 heterocycles. The molecule has 0 fully saturated rings. The number of carbonyl (C=O) groups is 1. The lowest BCUT2D eigenvalue weighted by molar-refractivity contribution is -0.163. The Morgan fingerprint density at radius 3 is 2.71 bits per heavy atom. The van der Waals surface area contributed by atoms with Gasteiger partial charge in [-0.1, -0.05) is 29.8 Å². The van der Waals surface area contributed by atoms with E-state index in [-0.39, 0.29) is 12.0 Å². The Morgan fingerprint density at radius 1 is 1.38 bits per heavy atom. The number of halogens is 3. The normalized spacial score (nSPS) is 13.0. The van der Waals surface area contributed by atoms with Crippen molar-refractivity contribution in [1.29, 1.82) is 0 Å². The Bertz CT molecular complexity index is 608. The zero-order valence-corrected chi connectivity index (χ0v) is 11.2. The van der Waals surface area contributed by atoms with Gasteiger partial charge in [-0.25, -0.2) is 0 Å². The van der Waals surface area contributed by atoms with Gasteiger partial charge in [0.05, 0.1) is 6.42 Å². The van der Waals surface area contributed by atoms with Crippen molar-refractivity contribution in [3.05, 3.63) is 53.3 Å². The molecular weight excluding hydrogens is 283 g/mol. The molecule has 1 atom stereocenters. The van der Waals surface area contributed by atoms with E-state index >= 15 is 0 Å². The van der Waals surface area contributed by atoms with E-state index in [1.54, 1.807) is 13.0 Å². The number of hydrogen-bond donors (Lipinski definition) is 2. The third-order valence-corrected chi connectivity index (χ3v) is 2.92. The Kier molecular flexibility index (Phi) is 4.30. The SMILES string of the molecule is Cc1cccc(C(NC(=O)Cc2ccn[nH]2)C(F)(F)F)c1. The minimum absolute atomic E-state index is 0.0143. The average molecular weight is 297 g/mol. The van der Waals surface area contributed by atoms with Crippen LogP contribution in [-0.2, 0) is 11.2 Å². The molecule has 0 bridgehead atoms. The predicted molar refractivity (Wildman–Crippen MR) is 70.4 cm³/mol. The lowest BCUT2D eigenvalue weighted by Gasteiger charge is -2.22. The lowest BCUT2D eigenvalue weighted by atomic mass is 10.0. The Morgan fingerprint density at radius 2 is 2.14 bits per heavy atom. The molecule has 1 aromatic heterocycles. The lowest BCUT2D eigenvalue weighted by Crippen LogP contribution is -2.39. The van der Waals surface area contributed by atoms with Crippen molar-refractivity contribution < 1.29 is 18.0 Å². The van der Waals surface area contributed by atoms with Gasteiger partial charge in [-0.2, -0.15) is 18.3 Å². The van der Waals surface area contributed by atoms with Crippen LogP contribution < -0.4 is 5.32 Å². The molecule has 0 radical (unpaired) electrons. The van der Waals surface area contributed by atoms with E-state index in [0.717, 1.165) is 0 Å². The first-order valence-corrected chi connectivity index (χ1v) is 6.27. The average Bonchev–Trinajstić information content (AvgIpc) is 2.87. The number of alkyl halides is 3. The number of H-pyrrole nitrogens is 1. The number of rotatable bonds is 4. The second kappa shape index (κ2) is 5.99.